The number of carbonyl (C=O) groups excluding carboxylic acids is 2. The molecule has 1 unspecified atom stereocenters. The number of nitrogens with zero attached hydrogens (tertiary/aromatic N) is 1. The maximum Gasteiger partial charge on any atom is 0.216 e. The predicted octanol–water partition coefficient (Wildman–Crippen LogP) is 0.956. The van der Waals surface area contributed by atoms with Gasteiger partial charge in [-0.2, -0.15) is 0 Å². The van der Waals surface area contributed by atoms with Gasteiger partial charge in [0.1, 0.15) is 0 Å². The molecular weight excluding hydrogens is 142 g/mol. The van der Waals surface area contributed by atoms with E-state index in [-0.39, 0.29) is 6.04 Å². The van der Waals surface area contributed by atoms with E-state index in [1.165, 1.54) is 0 Å². The summed E-state index contributed by atoms with van der Waals surface area (Å²) in [6.07, 6.45) is 4.35. The van der Waals surface area contributed by atoms with Gasteiger partial charge in [0.15, 0.2) is 0 Å². The molecule has 0 aliphatic heterocycles. The Hall–Kier alpha value is -1.12. The third-order valence-corrected chi connectivity index (χ3v) is 1.48. The lowest BCUT2D eigenvalue weighted by Crippen LogP contribution is -2.30. The van der Waals surface area contributed by atoms with Crippen molar-refractivity contribution in [2.24, 2.45) is 0 Å². The first-order valence-electron chi connectivity index (χ1n) is 3.60. The van der Waals surface area contributed by atoms with Crippen molar-refractivity contribution in [1.29, 1.82) is 0 Å². The van der Waals surface area contributed by atoms with E-state index in [1.54, 1.807) is 6.08 Å². The normalized spacial score (nSPS) is 11.7. The Bertz CT molecular complexity index is 137. The molecule has 0 aromatic heterocycles. The molecule has 0 spiro atoms. The molecule has 0 heterocycles. The lowest BCUT2D eigenvalue weighted by Gasteiger charge is -2.17. The first-order chi connectivity index (χ1) is 5.29. The van der Waals surface area contributed by atoms with Crippen molar-refractivity contribution in [2.75, 3.05) is 0 Å². The fourth-order valence-electron chi connectivity index (χ4n) is 0.866. The molecular formula is C8H13NO2. The number of hydrogen-bond donors (Lipinski definition) is 0. The molecule has 0 aromatic rings. The molecule has 3 nitrogen and oxygen atoms in total. The number of carbonyl (C=O) groups is 2. The van der Waals surface area contributed by atoms with Gasteiger partial charge >= 0.3 is 0 Å². The molecule has 1 atom stereocenters. The second-order valence-corrected chi connectivity index (χ2v) is 2.25. The zero-order chi connectivity index (χ0) is 8.69. The summed E-state index contributed by atoms with van der Waals surface area (Å²) in [7, 11) is 0. The molecule has 0 rings (SSSR count). The molecule has 0 aromatic carbocycles. The van der Waals surface area contributed by atoms with Crippen LogP contribution in [-0.4, -0.2) is 23.8 Å². The van der Waals surface area contributed by atoms with Crippen molar-refractivity contribution in [3.05, 3.63) is 12.7 Å². The fourth-order valence-corrected chi connectivity index (χ4v) is 0.866. The monoisotopic (exact) mass is 155 g/mol. The van der Waals surface area contributed by atoms with Gasteiger partial charge in [0.05, 0.1) is 6.04 Å². The van der Waals surface area contributed by atoms with Gasteiger partial charge in [-0.15, -0.1) is 6.58 Å². The second-order valence-electron chi connectivity index (χ2n) is 2.25. The molecule has 11 heavy (non-hydrogen) atoms. The quantitative estimate of drug-likeness (QED) is 0.423. The minimum atomic E-state index is -0.144. The third kappa shape index (κ3) is 2.98. The van der Waals surface area contributed by atoms with E-state index in [4.69, 9.17) is 0 Å². The van der Waals surface area contributed by atoms with Crippen LogP contribution >= 0.6 is 0 Å². The molecule has 0 saturated carbocycles. The Morgan fingerprint density at radius 2 is 2.00 bits per heavy atom. The topological polar surface area (TPSA) is 37.4 Å². The van der Waals surface area contributed by atoms with Crippen LogP contribution < -0.4 is 0 Å². The Kier molecular flexibility index (Phi) is 5.07. The van der Waals surface area contributed by atoms with Crippen LogP contribution in [0.4, 0.5) is 0 Å². The van der Waals surface area contributed by atoms with Crippen LogP contribution in [0.5, 0.6) is 0 Å². The van der Waals surface area contributed by atoms with Crippen LogP contribution in [0.1, 0.15) is 19.8 Å². The summed E-state index contributed by atoms with van der Waals surface area (Å²) in [5.74, 6) is 0. The van der Waals surface area contributed by atoms with Crippen LogP contribution in [-0.2, 0) is 9.59 Å². The van der Waals surface area contributed by atoms with Gasteiger partial charge in [-0.1, -0.05) is 19.4 Å². The van der Waals surface area contributed by atoms with Gasteiger partial charge < -0.3 is 0 Å². The first-order valence-corrected chi connectivity index (χ1v) is 3.60. The summed E-state index contributed by atoms with van der Waals surface area (Å²) in [6.45, 7) is 5.53. The van der Waals surface area contributed by atoms with Gasteiger partial charge in [0.2, 0.25) is 12.8 Å². The fraction of sp³-hybridized carbons (Fsp3) is 0.500. The largest absolute Gasteiger partial charge is 0.281 e. The molecule has 3 heteroatoms. The Labute approximate surface area is 66.7 Å². The highest BCUT2D eigenvalue weighted by molar-refractivity contribution is 5.69. The van der Waals surface area contributed by atoms with Crippen molar-refractivity contribution < 1.29 is 9.59 Å². The second kappa shape index (κ2) is 5.65. The minimum absolute atomic E-state index is 0.144. The predicted molar refractivity (Wildman–Crippen MR) is 42.9 cm³/mol. The van der Waals surface area contributed by atoms with Gasteiger partial charge in [-0.3, -0.25) is 14.5 Å². The van der Waals surface area contributed by atoms with Crippen LogP contribution in [0.3, 0.4) is 0 Å². The van der Waals surface area contributed by atoms with Crippen LogP contribution in [0.25, 0.3) is 0 Å². The minimum Gasteiger partial charge on any atom is -0.281 e. The summed E-state index contributed by atoms with van der Waals surface area (Å²) in [4.78, 5) is 21.6. The van der Waals surface area contributed by atoms with E-state index in [9.17, 15) is 9.59 Å². The number of amides is 2. The highest BCUT2D eigenvalue weighted by Crippen LogP contribution is 2.03. The highest BCUT2D eigenvalue weighted by atomic mass is 16.2. The first kappa shape index (κ1) is 9.88. The maximum absolute atomic E-state index is 10.3. The third-order valence-electron chi connectivity index (χ3n) is 1.48. The van der Waals surface area contributed by atoms with E-state index in [0.29, 0.717) is 12.8 Å². The molecule has 0 bridgehead atoms. The molecule has 0 N–H and O–H groups in total. The Morgan fingerprint density at radius 3 is 2.27 bits per heavy atom. The molecule has 62 valence electrons. The van der Waals surface area contributed by atoms with Crippen molar-refractivity contribution in [1.82, 2.24) is 4.90 Å². The molecule has 2 amide bonds. The zero-order valence-electron chi connectivity index (χ0n) is 6.69. The van der Waals surface area contributed by atoms with Gasteiger partial charge in [-0.05, 0) is 6.42 Å². The lowest BCUT2D eigenvalue weighted by molar-refractivity contribution is -0.130. The number of imide groups is 1. The summed E-state index contributed by atoms with van der Waals surface area (Å²) in [6, 6.07) is -0.144. The van der Waals surface area contributed by atoms with E-state index < -0.39 is 0 Å². The average molecular weight is 155 g/mol. The van der Waals surface area contributed by atoms with E-state index >= 15 is 0 Å². The smallest absolute Gasteiger partial charge is 0.216 e. The van der Waals surface area contributed by atoms with Crippen LogP contribution in [0.2, 0.25) is 0 Å². The molecule has 0 saturated heterocycles. The van der Waals surface area contributed by atoms with Crippen molar-refractivity contribution in [3.63, 3.8) is 0 Å². The van der Waals surface area contributed by atoms with E-state index in [1.807, 2.05) is 6.92 Å². The maximum atomic E-state index is 10.3. The summed E-state index contributed by atoms with van der Waals surface area (Å²) in [5.41, 5.74) is 0. The van der Waals surface area contributed by atoms with Crippen LogP contribution in [0, 0.1) is 0 Å². The summed E-state index contributed by atoms with van der Waals surface area (Å²) < 4.78 is 0. The Balaban J connectivity index is 4.07. The van der Waals surface area contributed by atoms with E-state index in [2.05, 4.69) is 6.58 Å². The summed E-state index contributed by atoms with van der Waals surface area (Å²) >= 11 is 0. The Morgan fingerprint density at radius 1 is 1.45 bits per heavy atom. The van der Waals surface area contributed by atoms with Gasteiger partial charge in [0.25, 0.3) is 0 Å². The lowest BCUT2D eigenvalue weighted by atomic mass is 10.1. The van der Waals surface area contributed by atoms with E-state index in [0.717, 1.165) is 17.7 Å². The highest BCUT2D eigenvalue weighted by Gasteiger charge is 2.09. The SMILES string of the molecule is C=CC(CCC)N(C=O)C=O. The zero-order valence-corrected chi connectivity index (χ0v) is 6.69. The molecule has 0 fully saturated rings. The van der Waals surface area contributed by atoms with Crippen molar-refractivity contribution in [3.8, 4) is 0 Å². The molecule has 0 aliphatic carbocycles. The number of rotatable bonds is 6. The van der Waals surface area contributed by atoms with Crippen molar-refractivity contribution >= 4 is 12.8 Å². The average Bonchev–Trinajstić information content (AvgIpc) is 2.05. The molecule has 0 radical (unpaired) electrons. The van der Waals surface area contributed by atoms with Gasteiger partial charge in [-0.25, -0.2) is 0 Å². The van der Waals surface area contributed by atoms with Crippen molar-refractivity contribution in [2.45, 2.75) is 25.8 Å². The molecule has 0 aliphatic rings. The standard InChI is InChI=1S/C8H13NO2/c1-3-5-8(4-2)9(6-10)7-11/h4,6-8H,2-3,5H2,1H3. The van der Waals surface area contributed by atoms with Crippen LogP contribution in [0.15, 0.2) is 12.7 Å². The summed E-state index contributed by atoms with van der Waals surface area (Å²) in [5, 5.41) is 0. The number of hydrogen-bond acceptors (Lipinski definition) is 2. The van der Waals surface area contributed by atoms with Gasteiger partial charge in [0, 0.05) is 0 Å².